The molecular formula is C25H23FN4O4S. The number of hydrogen-bond acceptors (Lipinski definition) is 8. The van der Waals surface area contributed by atoms with Gasteiger partial charge in [-0.15, -0.1) is 11.3 Å². The fraction of sp³-hybridized carbons (Fsp3) is 0.240. The molecule has 0 aliphatic carbocycles. The summed E-state index contributed by atoms with van der Waals surface area (Å²) in [6.45, 7) is 5.41. The Hall–Kier alpha value is -3.92. The van der Waals surface area contributed by atoms with Crippen LogP contribution in [0.2, 0.25) is 0 Å². The zero-order valence-electron chi connectivity index (χ0n) is 19.4. The van der Waals surface area contributed by atoms with Crippen LogP contribution in [0.3, 0.4) is 0 Å². The maximum absolute atomic E-state index is 13.1. The molecule has 1 amide bonds. The Kier molecular flexibility index (Phi) is 7.31. The van der Waals surface area contributed by atoms with Crippen LogP contribution >= 0.6 is 11.3 Å². The smallest absolute Gasteiger partial charge is 0.306 e. The highest BCUT2D eigenvalue weighted by molar-refractivity contribution is 7.14. The van der Waals surface area contributed by atoms with E-state index in [-0.39, 0.29) is 37.1 Å². The van der Waals surface area contributed by atoms with Gasteiger partial charge in [0.1, 0.15) is 12.4 Å². The monoisotopic (exact) mass is 494 g/mol. The average molecular weight is 495 g/mol. The molecule has 0 unspecified atom stereocenters. The molecule has 4 aromatic rings. The van der Waals surface area contributed by atoms with Gasteiger partial charge in [0.2, 0.25) is 17.6 Å². The van der Waals surface area contributed by atoms with Crippen molar-refractivity contribution in [3.05, 3.63) is 76.4 Å². The van der Waals surface area contributed by atoms with E-state index in [9.17, 15) is 14.0 Å². The molecule has 0 aliphatic heterocycles. The van der Waals surface area contributed by atoms with Crippen LogP contribution in [0.4, 0.5) is 15.2 Å². The zero-order valence-corrected chi connectivity index (χ0v) is 20.3. The van der Waals surface area contributed by atoms with Gasteiger partial charge in [-0.05, 0) is 49.7 Å². The van der Waals surface area contributed by atoms with Crippen molar-refractivity contribution in [1.82, 2.24) is 15.1 Å². The number of nitrogens with zero attached hydrogens (tertiary/aromatic N) is 4. The van der Waals surface area contributed by atoms with Crippen molar-refractivity contribution < 1.29 is 23.2 Å². The van der Waals surface area contributed by atoms with Crippen molar-refractivity contribution >= 4 is 34.0 Å². The van der Waals surface area contributed by atoms with Crippen LogP contribution in [-0.2, 0) is 27.4 Å². The number of carbonyl (C=O) groups is 2. The number of carbonyl (C=O) groups excluding carboxylic acids is 2. The highest BCUT2D eigenvalue weighted by Gasteiger charge is 2.20. The lowest BCUT2D eigenvalue weighted by Gasteiger charge is -2.20. The molecule has 0 bridgehead atoms. The standard InChI is InChI=1S/C25H23FN4O4S/c1-15-4-9-21(16(2)12-15)30(17(3)31)25-27-20(14-35-25)13-33-23(32)11-10-22-28-24(29-34-22)18-5-7-19(26)8-6-18/h4-9,12,14H,10-11,13H2,1-3H3. The van der Waals surface area contributed by atoms with E-state index in [0.717, 1.165) is 16.8 Å². The number of halogens is 1. The van der Waals surface area contributed by atoms with Crippen LogP contribution < -0.4 is 4.90 Å². The first-order valence-electron chi connectivity index (χ1n) is 10.9. The third kappa shape index (κ3) is 5.96. The Labute approximate surface area is 205 Å². The van der Waals surface area contributed by atoms with Gasteiger partial charge in [0.15, 0.2) is 5.13 Å². The van der Waals surface area contributed by atoms with Gasteiger partial charge in [0.05, 0.1) is 17.8 Å². The molecule has 0 atom stereocenters. The maximum Gasteiger partial charge on any atom is 0.306 e. The van der Waals surface area contributed by atoms with Crippen LogP contribution in [0.1, 0.15) is 36.1 Å². The molecule has 4 rings (SSSR count). The average Bonchev–Trinajstić information content (AvgIpc) is 3.48. The summed E-state index contributed by atoms with van der Waals surface area (Å²) in [4.78, 5) is 34.8. The van der Waals surface area contributed by atoms with E-state index in [1.54, 1.807) is 22.4 Å². The number of thiazole rings is 1. The number of rotatable bonds is 8. The molecule has 0 aliphatic rings. The molecule has 2 aromatic heterocycles. The number of esters is 1. The molecule has 0 fully saturated rings. The van der Waals surface area contributed by atoms with Gasteiger partial charge in [-0.2, -0.15) is 4.98 Å². The third-order valence-corrected chi connectivity index (χ3v) is 6.01. The Morgan fingerprint density at radius 1 is 1.11 bits per heavy atom. The van der Waals surface area contributed by atoms with E-state index < -0.39 is 5.97 Å². The first kappa shape index (κ1) is 24.2. The second-order valence-electron chi connectivity index (χ2n) is 7.95. The first-order chi connectivity index (χ1) is 16.8. The first-order valence-corrected chi connectivity index (χ1v) is 11.7. The largest absolute Gasteiger partial charge is 0.459 e. The number of benzene rings is 2. The minimum absolute atomic E-state index is 0.0153. The topological polar surface area (TPSA) is 98.4 Å². The zero-order chi connectivity index (χ0) is 24.9. The van der Waals surface area contributed by atoms with E-state index in [0.29, 0.717) is 22.2 Å². The van der Waals surface area contributed by atoms with Crippen molar-refractivity contribution in [2.75, 3.05) is 4.90 Å². The number of hydrogen-bond donors (Lipinski definition) is 0. The SMILES string of the molecule is CC(=O)N(c1nc(COC(=O)CCc2nc(-c3ccc(F)cc3)no2)cs1)c1ccc(C)cc1C. The molecule has 10 heteroatoms. The number of anilines is 2. The van der Waals surface area contributed by atoms with Crippen LogP contribution in [0.5, 0.6) is 0 Å². The summed E-state index contributed by atoms with van der Waals surface area (Å²) in [5.41, 5.74) is 4.00. The van der Waals surface area contributed by atoms with Gasteiger partial charge in [0.25, 0.3) is 0 Å². The van der Waals surface area contributed by atoms with Crippen molar-refractivity contribution in [3.8, 4) is 11.4 Å². The van der Waals surface area contributed by atoms with E-state index in [1.165, 1.54) is 30.4 Å². The molecule has 35 heavy (non-hydrogen) atoms. The predicted octanol–water partition coefficient (Wildman–Crippen LogP) is 5.31. The molecule has 8 nitrogen and oxygen atoms in total. The van der Waals surface area contributed by atoms with Crippen LogP contribution in [0.25, 0.3) is 11.4 Å². The molecule has 180 valence electrons. The van der Waals surface area contributed by atoms with Crippen LogP contribution in [0.15, 0.2) is 52.4 Å². The predicted molar refractivity (Wildman–Crippen MR) is 129 cm³/mol. The van der Waals surface area contributed by atoms with Gasteiger partial charge in [-0.25, -0.2) is 9.37 Å². The van der Waals surface area contributed by atoms with Crippen molar-refractivity contribution in [2.45, 2.75) is 40.2 Å². The van der Waals surface area contributed by atoms with E-state index in [2.05, 4.69) is 15.1 Å². The van der Waals surface area contributed by atoms with E-state index >= 15 is 0 Å². The van der Waals surface area contributed by atoms with E-state index in [1.807, 2.05) is 32.0 Å². The van der Waals surface area contributed by atoms with E-state index in [4.69, 9.17) is 9.26 Å². The number of aryl methyl sites for hydroxylation is 3. The number of ether oxygens (including phenoxy) is 1. The summed E-state index contributed by atoms with van der Waals surface area (Å²) in [7, 11) is 0. The summed E-state index contributed by atoms with van der Waals surface area (Å²) >= 11 is 1.30. The van der Waals surface area contributed by atoms with Crippen molar-refractivity contribution in [2.24, 2.45) is 0 Å². The Bertz CT molecular complexity index is 1350. The van der Waals surface area contributed by atoms with Crippen molar-refractivity contribution in [1.29, 1.82) is 0 Å². The highest BCUT2D eigenvalue weighted by atomic mass is 32.1. The number of amides is 1. The van der Waals surface area contributed by atoms with Gasteiger partial charge < -0.3 is 9.26 Å². The van der Waals surface area contributed by atoms with Gasteiger partial charge in [-0.3, -0.25) is 14.5 Å². The maximum atomic E-state index is 13.1. The molecular weight excluding hydrogens is 471 g/mol. The lowest BCUT2D eigenvalue weighted by Crippen LogP contribution is -2.23. The molecule has 0 saturated carbocycles. The Balaban J connectivity index is 1.32. The Morgan fingerprint density at radius 3 is 2.60 bits per heavy atom. The summed E-state index contributed by atoms with van der Waals surface area (Å²) in [6.07, 6.45) is 0.254. The molecule has 2 aromatic carbocycles. The Morgan fingerprint density at radius 2 is 1.89 bits per heavy atom. The number of aromatic nitrogens is 3. The lowest BCUT2D eigenvalue weighted by molar-refractivity contribution is -0.145. The quantitative estimate of drug-likeness (QED) is 0.306. The summed E-state index contributed by atoms with van der Waals surface area (Å²) in [6, 6.07) is 11.6. The van der Waals surface area contributed by atoms with Gasteiger partial charge in [0, 0.05) is 24.3 Å². The van der Waals surface area contributed by atoms with Crippen LogP contribution in [-0.4, -0.2) is 27.0 Å². The second-order valence-corrected chi connectivity index (χ2v) is 8.78. The fourth-order valence-electron chi connectivity index (χ4n) is 3.44. The van der Waals surface area contributed by atoms with Gasteiger partial charge in [-0.1, -0.05) is 22.9 Å². The summed E-state index contributed by atoms with van der Waals surface area (Å²) in [5, 5.41) is 6.12. The summed E-state index contributed by atoms with van der Waals surface area (Å²) in [5.74, 6) is -0.356. The van der Waals surface area contributed by atoms with Crippen molar-refractivity contribution in [3.63, 3.8) is 0 Å². The molecule has 0 saturated heterocycles. The minimum atomic E-state index is -0.445. The lowest BCUT2D eigenvalue weighted by atomic mass is 10.1. The van der Waals surface area contributed by atoms with Crippen LogP contribution in [0, 0.1) is 19.7 Å². The molecule has 0 N–H and O–H groups in total. The minimum Gasteiger partial charge on any atom is -0.459 e. The third-order valence-electron chi connectivity index (χ3n) is 5.13. The fourth-order valence-corrected chi connectivity index (χ4v) is 4.30. The molecule has 2 heterocycles. The molecule has 0 radical (unpaired) electrons. The summed E-state index contributed by atoms with van der Waals surface area (Å²) < 4.78 is 23.5. The second kappa shape index (κ2) is 10.6. The normalized spacial score (nSPS) is 10.9. The highest BCUT2D eigenvalue weighted by Crippen LogP contribution is 2.32. The molecule has 0 spiro atoms. The van der Waals surface area contributed by atoms with Gasteiger partial charge >= 0.3 is 5.97 Å².